The summed E-state index contributed by atoms with van der Waals surface area (Å²) in [6.07, 6.45) is 1.10. The molecule has 3 rings (SSSR count). The van der Waals surface area contributed by atoms with Gasteiger partial charge in [0.25, 0.3) is 0 Å². The molecule has 1 heterocycles. The molecule has 0 bridgehead atoms. The number of aryl methyl sites for hydroxylation is 1. The van der Waals surface area contributed by atoms with E-state index in [1.54, 1.807) is 18.2 Å². The quantitative estimate of drug-likeness (QED) is 0.821. The number of carbonyl (C=O) groups excluding carboxylic acids is 1. The summed E-state index contributed by atoms with van der Waals surface area (Å²) in [4.78, 5) is 12.8. The van der Waals surface area contributed by atoms with Gasteiger partial charge < -0.3 is 5.32 Å². The Morgan fingerprint density at radius 2 is 1.85 bits per heavy atom. The van der Waals surface area contributed by atoms with Gasteiger partial charge >= 0.3 is 0 Å². The molecule has 2 aromatic rings. The van der Waals surface area contributed by atoms with E-state index in [1.165, 1.54) is 28.6 Å². The number of hydrogen-bond acceptors (Lipinski definition) is 3. The fraction of sp³-hybridized carbons (Fsp3) is 0.278. The van der Waals surface area contributed by atoms with Gasteiger partial charge in [-0.1, -0.05) is 29.3 Å². The second-order valence-corrected chi connectivity index (χ2v) is 8.92. The highest BCUT2D eigenvalue weighted by Gasteiger charge is 2.39. The summed E-state index contributed by atoms with van der Waals surface area (Å²) in [5, 5.41) is 3.76. The molecule has 1 saturated heterocycles. The van der Waals surface area contributed by atoms with Crippen LogP contribution in [-0.2, 0) is 14.8 Å². The number of benzene rings is 2. The number of carbonyl (C=O) groups is 1. The first kappa shape index (κ1) is 19.2. The Hall–Kier alpha value is -1.60. The molecule has 0 aliphatic carbocycles. The smallest absolute Gasteiger partial charge is 0.243 e. The van der Waals surface area contributed by atoms with Crippen molar-refractivity contribution in [3.8, 4) is 0 Å². The zero-order valence-corrected chi connectivity index (χ0v) is 16.4. The van der Waals surface area contributed by atoms with Crippen molar-refractivity contribution in [3.05, 3.63) is 58.1 Å². The summed E-state index contributed by atoms with van der Waals surface area (Å²) in [7, 11) is -3.77. The van der Waals surface area contributed by atoms with Crippen molar-refractivity contribution in [1.29, 1.82) is 0 Å². The molecule has 0 saturated carbocycles. The maximum Gasteiger partial charge on any atom is 0.243 e. The summed E-state index contributed by atoms with van der Waals surface area (Å²) in [5.74, 6) is -0.361. The van der Waals surface area contributed by atoms with Gasteiger partial charge in [-0.3, -0.25) is 4.79 Å². The third-order valence-corrected chi connectivity index (χ3v) is 6.95. The summed E-state index contributed by atoms with van der Waals surface area (Å²) in [6, 6.07) is 10.4. The van der Waals surface area contributed by atoms with Crippen LogP contribution in [-0.4, -0.2) is 31.2 Å². The molecule has 5 nitrogen and oxygen atoms in total. The van der Waals surface area contributed by atoms with E-state index in [9.17, 15) is 13.2 Å². The van der Waals surface area contributed by atoms with Gasteiger partial charge in [0.05, 0.1) is 4.90 Å². The normalized spacial score (nSPS) is 18.0. The van der Waals surface area contributed by atoms with Crippen molar-refractivity contribution in [2.24, 2.45) is 0 Å². The lowest BCUT2D eigenvalue weighted by Gasteiger charge is -2.23. The molecule has 1 aliphatic heterocycles. The van der Waals surface area contributed by atoms with Gasteiger partial charge in [-0.15, -0.1) is 0 Å². The number of halogens is 2. The second-order valence-electron chi connectivity index (χ2n) is 6.18. The Morgan fingerprint density at radius 3 is 2.50 bits per heavy atom. The van der Waals surface area contributed by atoms with Crippen LogP contribution in [0.25, 0.3) is 0 Å². The minimum atomic E-state index is -3.77. The van der Waals surface area contributed by atoms with E-state index in [-0.39, 0.29) is 10.8 Å². The van der Waals surface area contributed by atoms with Gasteiger partial charge in [0.15, 0.2) is 0 Å². The fourth-order valence-electron chi connectivity index (χ4n) is 2.93. The van der Waals surface area contributed by atoms with Crippen LogP contribution in [0.2, 0.25) is 10.0 Å². The molecule has 1 N–H and O–H groups in total. The number of amides is 1. The average molecular weight is 413 g/mol. The second kappa shape index (κ2) is 7.56. The highest BCUT2D eigenvalue weighted by molar-refractivity contribution is 7.89. The SMILES string of the molecule is Cc1ccc(NC(=O)[C@@H]2CCCN2S(=O)(=O)c2ccc(Cl)cc2)cc1Cl. The zero-order chi connectivity index (χ0) is 18.9. The van der Waals surface area contributed by atoms with Gasteiger partial charge in [0, 0.05) is 22.3 Å². The van der Waals surface area contributed by atoms with Crippen LogP contribution in [0, 0.1) is 6.92 Å². The van der Waals surface area contributed by atoms with E-state index < -0.39 is 16.1 Å². The van der Waals surface area contributed by atoms with Crippen molar-refractivity contribution >= 4 is 44.8 Å². The molecule has 138 valence electrons. The first-order valence-corrected chi connectivity index (χ1v) is 10.3. The Bertz CT molecular complexity index is 930. The Kier molecular flexibility index (Phi) is 5.58. The van der Waals surface area contributed by atoms with Crippen molar-refractivity contribution in [2.75, 3.05) is 11.9 Å². The molecule has 8 heteroatoms. The van der Waals surface area contributed by atoms with Crippen molar-refractivity contribution in [2.45, 2.75) is 30.7 Å². The van der Waals surface area contributed by atoms with Crippen LogP contribution >= 0.6 is 23.2 Å². The van der Waals surface area contributed by atoms with Gasteiger partial charge in [0.1, 0.15) is 6.04 Å². The van der Waals surface area contributed by atoms with Crippen molar-refractivity contribution in [3.63, 3.8) is 0 Å². The molecule has 1 fully saturated rings. The molecule has 0 radical (unpaired) electrons. The summed E-state index contributed by atoms with van der Waals surface area (Å²) >= 11 is 11.9. The van der Waals surface area contributed by atoms with Gasteiger partial charge in [-0.2, -0.15) is 4.31 Å². The lowest BCUT2D eigenvalue weighted by atomic mass is 10.2. The molecule has 1 aliphatic rings. The van der Waals surface area contributed by atoms with Crippen LogP contribution < -0.4 is 5.32 Å². The number of anilines is 1. The topological polar surface area (TPSA) is 66.5 Å². The van der Waals surface area contributed by atoms with E-state index in [4.69, 9.17) is 23.2 Å². The third kappa shape index (κ3) is 3.88. The Morgan fingerprint density at radius 1 is 1.15 bits per heavy atom. The van der Waals surface area contributed by atoms with Crippen LogP contribution in [0.1, 0.15) is 18.4 Å². The van der Waals surface area contributed by atoms with Crippen molar-refractivity contribution < 1.29 is 13.2 Å². The summed E-state index contributed by atoms with van der Waals surface area (Å²) in [5.41, 5.74) is 1.44. The van der Waals surface area contributed by atoms with Gasteiger partial charge in [-0.25, -0.2) is 8.42 Å². The van der Waals surface area contributed by atoms with Crippen LogP contribution in [0.15, 0.2) is 47.4 Å². The maximum absolute atomic E-state index is 12.9. The number of rotatable bonds is 4. The minimum absolute atomic E-state index is 0.125. The van der Waals surface area contributed by atoms with E-state index in [0.29, 0.717) is 35.1 Å². The van der Waals surface area contributed by atoms with E-state index >= 15 is 0 Å². The summed E-state index contributed by atoms with van der Waals surface area (Å²) < 4.78 is 27.0. The van der Waals surface area contributed by atoms with Crippen LogP contribution in [0.4, 0.5) is 5.69 Å². The molecular weight excluding hydrogens is 395 g/mol. The Balaban J connectivity index is 1.81. The molecule has 26 heavy (non-hydrogen) atoms. The van der Waals surface area contributed by atoms with E-state index in [2.05, 4.69) is 5.32 Å². The van der Waals surface area contributed by atoms with E-state index in [1.807, 2.05) is 6.92 Å². The van der Waals surface area contributed by atoms with Crippen LogP contribution in [0.3, 0.4) is 0 Å². The number of nitrogens with one attached hydrogen (secondary N) is 1. The van der Waals surface area contributed by atoms with Gasteiger partial charge in [-0.05, 0) is 61.7 Å². The maximum atomic E-state index is 12.9. The lowest BCUT2D eigenvalue weighted by molar-refractivity contribution is -0.119. The molecule has 1 atom stereocenters. The first-order chi connectivity index (χ1) is 12.3. The third-order valence-electron chi connectivity index (χ3n) is 4.37. The first-order valence-electron chi connectivity index (χ1n) is 8.13. The predicted molar refractivity (Wildman–Crippen MR) is 103 cm³/mol. The number of sulfonamides is 1. The van der Waals surface area contributed by atoms with Crippen LogP contribution in [0.5, 0.6) is 0 Å². The van der Waals surface area contributed by atoms with E-state index in [0.717, 1.165) is 5.56 Å². The molecule has 1 amide bonds. The average Bonchev–Trinajstić information content (AvgIpc) is 3.09. The monoisotopic (exact) mass is 412 g/mol. The van der Waals surface area contributed by atoms with Crippen molar-refractivity contribution in [1.82, 2.24) is 4.31 Å². The lowest BCUT2D eigenvalue weighted by Crippen LogP contribution is -2.43. The predicted octanol–water partition coefficient (Wildman–Crippen LogP) is 4.09. The van der Waals surface area contributed by atoms with Gasteiger partial charge in [0.2, 0.25) is 15.9 Å². The Labute approximate surface area is 163 Å². The molecular formula is C18H18Cl2N2O3S. The highest BCUT2D eigenvalue weighted by Crippen LogP contribution is 2.28. The number of nitrogens with zero attached hydrogens (tertiary/aromatic N) is 1. The number of hydrogen-bond donors (Lipinski definition) is 1. The zero-order valence-electron chi connectivity index (χ0n) is 14.1. The summed E-state index contributed by atoms with van der Waals surface area (Å²) in [6.45, 7) is 2.17. The largest absolute Gasteiger partial charge is 0.325 e. The molecule has 0 aromatic heterocycles. The fourth-order valence-corrected chi connectivity index (χ4v) is 4.89. The highest BCUT2D eigenvalue weighted by atomic mass is 35.5. The molecule has 0 spiro atoms. The molecule has 2 aromatic carbocycles. The molecule has 0 unspecified atom stereocenters. The minimum Gasteiger partial charge on any atom is -0.325 e. The standard InChI is InChI=1S/C18H18Cl2N2O3S/c1-12-4-7-14(11-16(12)20)21-18(23)17-3-2-10-22(17)26(24,25)15-8-5-13(19)6-9-15/h4-9,11,17H,2-3,10H2,1H3,(H,21,23)/t17-/m0/s1.